The van der Waals surface area contributed by atoms with Crippen LogP contribution in [0.5, 0.6) is 0 Å². The minimum atomic E-state index is -0.0961. The monoisotopic (exact) mass is 263 g/mol. The van der Waals surface area contributed by atoms with Crippen molar-refractivity contribution >= 4 is 11.5 Å². The van der Waals surface area contributed by atoms with Gasteiger partial charge in [0, 0.05) is 19.1 Å². The van der Waals surface area contributed by atoms with Crippen LogP contribution in [0.4, 0.5) is 11.5 Å². The molecule has 1 aromatic heterocycles. The van der Waals surface area contributed by atoms with Crippen molar-refractivity contribution in [3.05, 3.63) is 18.3 Å². The minimum Gasteiger partial charge on any atom is -0.393 e. The maximum atomic E-state index is 9.50. The van der Waals surface area contributed by atoms with Crippen molar-refractivity contribution in [3.8, 4) is 0 Å². The lowest BCUT2D eigenvalue weighted by atomic mass is 9.93. The smallest absolute Gasteiger partial charge is 0.128 e. The van der Waals surface area contributed by atoms with E-state index in [2.05, 4.69) is 41.2 Å². The van der Waals surface area contributed by atoms with E-state index in [9.17, 15) is 5.11 Å². The molecule has 0 aliphatic heterocycles. The zero-order valence-corrected chi connectivity index (χ0v) is 12.0. The van der Waals surface area contributed by atoms with Crippen molar-refractivity contribution in [2.24, 2.45) is 0 Å². The first-order chi connectivity index (χ1) is 9.22. The average molecular weight is 263 g/mol. The summed E-state index contributed by atoms with van der Waals surface area (Å²) >= 11 is 0. The molecule has 19 heavy (non-hydrogen) atoms. The Balaban J connectivity index is 1.91. The Labute approximate surface area is 115 Å². The lowest BCUT2D eigenvalue weighted by molar-refractivity contribution is 0.126. The normalized spacial score (nSPS) is 23.1. The third-order valence-corrected chi connectivity index (χ3v) is 3.90. The highest BCUT2D eigenvalue weighted by Crippen LogP contribution is 2.22. The van der Waals surface area contributed by atoms with Crippen LogP contribution in [0.25, 0.3) is 0 Å². The van der Waals surface area contributed by atoms with Gasteiger partial charge in [-0.1, -0.05) is 0 Å². The fourth-order valence-corrected chi connectivity index (χ4v) is 2.66. The van der Waals surface area contributed by atoms with E-state index < -0.39 is 0 Å². The molecule has 0 unspecified atom stereocenters. The minimum absolute atomic E-state index is 0.0961. The molecule has 2 rings (SSSR count). The Hall–Kier alpha value is -1.29. The fourth-order valence-electron chi connectivity index (χ4n) is 2.66. The number of anilines is 2. The van der Waals surface area contributed by atoms with E-state index in [-0.39, 0.29) is 6.10 Å². The molecule has 2 N–H and O–H groups in total. The number of aliphatic hydroxyl groups is 1. The fraction of sp³-hybridized carbons (Fsp3) is 0.667. The van der Waals surface area contributed by atoms with Crippen molar-refractivity contribution in [2.75, 3.05) is 23.3 Å². The van der Waals surface area contributed by atoms with E-state index >= 15 is 0 Å². The first-order valence-corrected chi connectivity index (χ1v) is 7.38. The lowest BCUT2D eigenvalue weighted by Gasteiger charge is -2.27. The molecule has 1 saturated carbocycles. The predicted molar refractivity (Wildman–Crippen MR) is 79.7 cm³/mol. The molecule has 0 spiro atoms. The van der Waals surface area contributed by atoms with Crippen LogP contribution in [0.1, 0.15) is 39.5 Å². The topological polar surface area (TPSA) is 48.4 Å². The van der Waals surface area contributed by atoms with E-state index in [0.29, 0.717) is 6.04 Å². The van der Waals surface area contributed by atoms with E-state index in [4.69, 9.17) is 0 Å². The molecule has 0 bridgehead atoms. The number of nitrogens with zero attached hydrogens (tertiary/aromatic N) is 2. The summed E-state index contributed by atoms with van der Waals surface area (Å²) in [6.07, 6.45) is 5.71. The molecular weight excluding hydrogens is 238 g/mol. The average Bonchev–Trinajstić information content (AvgIpc) is 2.44. The molecule has 0 aromatic carbocycles. The number of rotatable bonds is 5. The van der Waals surface area contributed by atoms with Crippen molar-refractivity contribution < 1.29 is 5.11 Å². The third kappa shape index (κ3) is 3.83. The number of aliphatic hydroxyl groups excluding tert-OH is 1. The summed E-state index contributed by atoms with van der Waals surface area (Å²) in [5.41, 5.74) is 1.08. The zero-order chi connectivity index (χ0) is 13.7. The molecule has 106 valence electrons. The maximum absolute atomic E-state index is 9.50. The van der Waals surface area contributed by atoms with Gasteiger partial charge in [0.1, 0.15) is 5.82 Å². The molecule has 0 atom stereocenters. The molecule has 1 heterocycles. The largest absolute Gasteiger partial charge is 0.393 e. The summed E-state index contributed by atoms with van der Waals surface area (Å²) in [7, 11) is 0. The number of aromatic nitrogens is 1. The highest BCUT2D eigenvalue weighted by molar-refractivity contribution is 5.49. The van der Waals surface area contributed by atoms with Crippen molar-refractivity contribution in [3.63, 3.8) is 0 Å². The second kappa shape index (κ2) is 6.75. The van der Waals surface area contributed by atoms with Crippen LogP contribution in [0.2, 0.25) is 0 Å². The Kier molecular flexibility index (Phi) is 5.02. The quantitative estimate of drug-likeness (QED) is 0.857. The van der Waals surface area contributed by atoms with Gasteiger partial charge in [0.25, 0.3) is 0 Å². The Morgan fingerprint density at radius 2 is 1.89 bits per heavy atom. The second-order valence-corrected chi connectivity index (χ2v) is 5.23. The van der Waals surface area contributed by atoms with Crippen molar-refractivity contribution in [2.45, 2.75) is 51.7 Å². The first kappa shape index (κ1) is 14.1. The molecule has 0 radical (unpaired) electrons. The number of nitrogens with one attached hydrogen (secondary N) is 1. The van der Waals surface area contributed by atoms with Crippen LogP contribution in [-0.2, 0) is 0 Å². The lowest BCUT2D eigenvalue weighted by Crippen LogP contribution is -2.28. The van der Waals surface area contributed by atoms with Crippen LogP contribution >= 0.6 is 0 Å². The van der Waals surface area contributed by atoms with Crippen LogP contribution in [0.3, 0.4) is 0 Å². The highest BCUT2D eigenvalue weighted by atomic mass is 16.3. The standard InChI is InChI=1S/C15H25N3O/c1-3-18(4-2)15-10-7-13(11-16-15)17-12-5-8-14(19)9-6-12/h7,10-12,14,17,19H,3-6,8-9H2,1-2H3. The molecule has 1 aliphatic rings. The van der Waals surface area contributed by atoms with Crippen LogP contribution < -0.4 is 10.2 Å². The second-order valence-electron chi connectivity index (χ2n) is 5.23. The predicted octanol–water partition coefficient (Wildman–Crippen LogP) is 2.64. The molecule has 4 nitrogen and oxygen atoms in total. The van der Waals surface area contributed by atoms with Gasteiger partial charge in [0.2, 0.25) is 0 Å². The van der Waals surface area contributed by atoms with Gasteiger partial charge in [-0.05, 0) is 51.7 Å². The van der Waals surface area contributed by atoms with Crippen molar-refractivity contribution in [1.29, 1.82) is 0 Å². The van der Waals surface area contributed by atoms with Gasteiger partial charge < -0.3 is 15.3 Å². The Morgan fingerprint density at radius 1 is 1.21 bits per heavy atom. The molecule has 1 aliphatic carbocycles. The van der Waals surface area contributed by atoms with Gasteiger partial charge in [0.15, 0.2) is 0 Å². The SMILES string of the molecule is CCN(CC)c1ccc(NC2CCC(O)CC2)cn1. The van der Waals surface area contributed by atoms with Crippen LogP contribution in [-0.4, -0.2) is 35.3 Å². The third-order valence-electron chi connectivity index (χ3n) is 3.90. The van der Waals surface area contributed by atoms with E-state index in [1.807, 2.05) is 6.20 Å². The summed E-state index contributed by atoms with van der Waals surface area (Å²) in [6, 6.07) is 4.66. The first-order valence-electron chi connectivity index (χ1n) is 7.38. The van der Waals surface area contributed by atoms with Crippen LogP contribution in [0.15, 0.2) is 18.3 Å². The Bertz CT molecular complexity index is 367. The Morgan fingerprint density at radius 3 is 2.42 bits per heavy atom. The van der Waals surface area contributed by atoms with Gasteiger partial charge in [-0.25, -0.2) is 4.98 Å². The van der Waals surface area contributed by atoms with Gasteiger partial charge in [-0.15, -0.1) is 0 Å². The number of pyridine rings is 1. The molecule has 1 fully saturated rings. The maximum Gasteiger partial charge on any atom is 0.128 e. The zero-order valence-electron chi connectivity index (χ0n) is 12.0. The van der Waals surface area contributed by atoms with Crippen LogP contribution in [0, 0.1) is 0 Å². The van der Waals surface area contributed by atoms with Gasteiger partial charge in [0.05, 0.1) is 18.0 Å². The summed E-state index contributed by atoms with van der Waals surface area (Å²) in [6.45, 7) is 6.25. The molecule has 1 aromatic rings. The van der Waals surface area contributed by atoms with E-state index in [1.165, 1.54) is 0 Å². The van der Waals surface area contributed by atoms with Crippen molar-refractivity contribution in [1.82, 2.24) is 4.98 Å². The summed E-state index contributed by atoms with van der Waals surface area (Å²) < 4.78 is 0. The highest BCUT2D eigenvalue weighted by Gasteiger charge is 2.19. The molecule has 0 amide bonds. The van der Waals surface area contributed by atoms with E-state index in [1.54, 1.807) is 0 Å². The molecule has 0 saturated heterocycles. The number of hydrogen-bond donors (Lipinski definition) is 2. The summed E-state index contributed by atoms with van der Waals surface area (Å²) in [5, 5.41) is 13.0. The molecule has 4 heteroatoms. The summed E-state index contributed by atoms with van der Waals surface area (Å²) in [5.74, 6) is 1.04. The van der Waals surface area contributed by atoms with E-state index in [0.717, 1.165) is 50.3 Å². The van der Waals surface area contributed by atoms with Gasteiger partial charge in [-0.3, -0.25) is 0 Å². The number of hydrogen-bond acceptors (Lipinski definition) is 4. The summed E-state index contributed by atoms with van der Waals surface area (Å²) in [4.78, 5) is 6.75. The molecular formula is C15H25N3O. The van der Waals surface area contributed by atoms with Gasteiger partial charge in [-0.2, -0.15) is 0 Å². The van der Waals surface area contributed by atoms with Gasteiger partial charge >= 0.3 is 0 Å².